The second-order valence-electron chi connectivity index (χ2n) is 6.90. The molecule has 6 heteroatoms. The number of benzene rings is 2. The summed E-state index contributed by atoms with van der Waals surface area (Å²) in [6, 6.07) is 19.4. The van der Waals surface area contributed by atoms with Crippen molar-refractivity contribution in [3.63, 3.8) is 0 Å². The third kappa shape index (κ3) is 3.50. The molecule has 2 aliphatic heterocycles. The molecule has 0 N–H and O–H groups in total. The zero-order chi connectivity index (χ0) is 19.6. The smallest absolute Gasteiger partial charge is 0.363 e. The number of anilines is 1. The van der Waals surface area contributed by atoms with Gasteiger partial charge in [-0.1, -0.05) is 36.4 Å². The van der Waals surface area contributed by atoms with Gasteiger partial charge in [0.15, 0.2) is 5.70 Å². The summed E-state index contributed by atoms with van der Waals surface area (Å²) < 4.78 is 10.9. The van der Waals surface area contributed by atoms with Crippen LogP contribution in [0, 0.1) is 0 Å². The summed E-state index contributed by atoms with van der Waals surface area (Å²) in [4.78, 5) is 23.9. The van der Waals surface area contributed by atoms with Crippen molar-refractivity contribution in [2.45, 2.75) is 0 Å². The first-order valence-electron chi connectivity index (χ1n) is 9.58. The third-order valence-electron chi connectivity index (χ3n) is 4.98. The van der Waals surface area contributed by atoms with E-state index in [0.29, 0.717) is 19.1 Å². The molecule has 144 valence electrons. The van der Waals surface area contributed by atoms with E-state index in [1.807, 2.05) is 60.7 Å². The van der Waals surface area contributed by atoms with Gasteiger partial charge >= 0.3 is 5.97 Å². The van der Waals surface area contributed by atoms with Crippen LogP contribution in [0.3, 0.4) is 0 Å². The number of nitrogens with zero attached hydrogens (tertiary/aromatic N) is 3. The molecule has 1 fully saturated rings. The van der Waals surface area contributed by atoms with Gasteiger partial charge in [0.2, 0.25) is 5.90 Å². The van der Waals surface area contributed by atoms with Gasteiger partial charge in [0.05, 0.1) is 18.7 Å². The number of hydrogen-bond acceptors (Lipinski definition) is 6. The Kier molecular flexibility index (Phi) is 4.54. The van der Waals surface area contributed by atoms with Crippen LogP contribution in [-0.2, 0) is 14.3 Å². The lowest BCUT2D eigenvalue weighted by Gasteiger charge is -2.29. The first-order chi connectivity index (χ1) is 14.3. The molecule has 1 saturated heterocycles. The SMILES string of the molecule is O=C1OC(c2ccccc2)=NC1=Cc1cc2ccccc2nc1N1CCOCC1. The number of fused-ring (bicyclic) bond motifs is 1. The second kappa shape index (κ2) is 7.48. The Morgan fingerprint density at radius 1 is 0.966 bits per heavy atom. The van der Waals surface area contributed by atoms with Crippen molar-refractivity contribution < 1.29 is 14.3 Å². The minimum Gasteiger partial charge on any atom is -0.402 e. The van der Waals surface area contributed by atoms with Gasteiger partial charge in [-0.15, -0.1) is 0 Å². The van der Waals surface area contributed by atoms with Crippen LogP contribution >= 0.6 is 0 Å². The maximum atomic E-state index is 12.5. The summed E-state index contributed by atoms with van der Waals surface area (Å²) in [5, 5.41) is 1.01. The van der Waals surface area contributed by atoms with Crippen molar-refractivity contribution in [2.24, 2.45) is 4.99 Å². The highest BCUT2D eigenvalue weighted by Gasteiger charge is 2.25. The Morgan fingerprint density at radius 3 is 2.55 bits per heavy atom. The highest BCUT2D eigenvalue weighted by molar-refractivity contribution is 6.13. The molecule has 3 aromatic rings. The molecule has 0 spiro atoms. The molecule has 0 amide bonds. The summed E-state index contributed by atoms with van der Waals surface area (Å²) >= 11 is 0. The zero-order valence-corrected chi connectivity index (χ0v) is 15.7. The Labute approximate surface area is 168 Å². The summed E-state index contributed by atoms with van der Waals surface area (Å²) in [6.45, 7) is 2.82. The van der Waals surface area contributed by atoms with Crippen LogP contribution in [0.25, 0.3) is 17.0 Å². The fourth-order valence-electron chi connectivity index (χ4n) is 3.52. The molecular formula is C23H19N3O3. The maximum absolute atomic E-state index is 12.5. The van der Waals surface area contributed by atoms with Crippen molar-refractivity contribution in [3.05, 3.63) is 77.5 Å². The molecule has 0 radical (unpaired) electrons. The number of carbonyl (C=O) groups is 1. The van der Waals surface area contributed by atoms with Crippen LogP contribution in [-0.4, -0.2) is 43.2 Å². The van der Waals surface area contributed by atoms with Crippen molar-refractivity contribution in [1.29, 1.82) is 0 Å². The minimum absolute atomic E-state index is 0.274. The first kappa shape index (κ1) is 17.6. The lowest BCUT2D eigenvalue weighted by atomic mass is 10.1. The third-order valence-corrected chi connectivity index (χ3v) is 4.98. The van der Waals surface area contributed by atoms with E-state index in [1.54, 1.807) is 6.08 Å². The lowest BCUT2D eigenvalue weighted by Crippen LogP contribution is -2.37. The van der Waals surface area contributed by atoms with Gasteiger partial charge in [0.25, 0.3) is 0 Å². The predicted molar refractivity (Wildman–Crippen MR) is 112 cm³/mol. The fourth-order valence-corrected chi connectivity index (χ4v) is 3.52. The number of carbonyl (C=O) groups excluding carboxylic acids is 1. The molecule has 0 atom stereocenters. The molecule has 1 aromatic heterocycles. The molecule has 2 aliphatic rings. The monoisotopic (exact) mass is 385 g/mol. The van der Waals surface area contributed by atoms with Crippen molar-refractivity contribution in [1.82, 2.24) is 4.98 Å². The number of pyridine rings is 1. The quantitative estimate of drug-likeness (QED) is 0.511. The Bertz CT molecular complexity index is 1130. The van der Waals surface area contributed by atoms with E-state index in [9.17, 15) is 4.79 Å². The van der Waals surface area contributed by atoms with Gasteiger partial charge in [-0.3, -0.25) is 0 Å². The lowest BCUT2D eigenvalue weighted by molar-refractivity contribution is -0.129. The number of ether oxygens (including phenoxy) is 2. The van der Waals surface area contributed by atoms with Crippen LogP contribution in [0.4, 0.5) is 5.82 Å². The van der Waals surface area contributed by atoms with Crippen molar-refractivity contribution in [3.8, 4) is 0 Å². The average molecular weight is 385 g/mol. The number of morpholine rings is 1. The van der Waals surface area contributed by atoms with Crippen LogP contribution in [0.15, 0.2) is 71.4 Å². The van der Waals surface area contributed by atoms with E-state index in [0.717, 1.165) is 40.9 Å². The summed E-state index contributed by atoms with van der Waals surface area (Å²) in [7, 11) is 0. The van der Waals surface area contributed by atoms with Crippen molar-refractivity contribution in [2.75, 3.05) is 31.2 Å². The first-order valence-corrected chi connectivity index (χ1v) is 9.58. The van der Waals surface area contributed by atoms with Gasteiger partial charge in [-0.25, -0.2) is 14.8 Å². The van der Waals surface area contributed by atoms with Crippen LogP contribution < -0.4 is 4.90 Å². The van der Waals surface area contributed by atoms with Crippen molar-refractivity contribution >= 4 is 34.7 Å². The number of rotatable bonds is 3. The van der Waals surface area contributed by atoms with Crippen LogP contribution in [0.2, 0.25) is 0 Å². The fraction of sp³-hybridized carbons (Fsp3) is 0.174. The van der Waals surface area contributed by atoms with E-state index in [1.165, 1.54) is 0 Å². The van der Waals surface area contributed by atoms with E-state index in [2.05, 4.69) is 9.89 Å². The van der Waals surface area contributed by atoms with Crippen LogP contribution in [0.1, 0.15) is 11.1 Å². The standard InChI is InChI=1S/C23H19N3O3/c27-23-20(25-22(29-23)16-6-2-1-3-7-16)15-18-14-17-8-4-5-9-19(17)24-21(18)26-10-12-28-13-11-26/h1-9,14-15H,10-13H2. The molecule has 2 aromatic carbocycles. The van der Waals surface area contributed by atoms with Gasteiger partial charge in [0, 0.05) is 29.6 Å². The Hall–Kier alpha value is -3.51. The van der Waals surface area contributed by atoms with E-state index < -0.39 is 5.97 Å². The topological polar surface area (TPSA) is 64.0 Å². The Balaban J connectivity index is 1.60. The maximum Gasteiger partial charge on any atom is 0.363 e. The Morgan fingerprint density at radius 2 is 1.72 bits per heavy atom. The molecule has 5 rings (SSSR count). The molecule has 0 aliphatic carbocycles. The van der Waals surface area contributed by atoms with Gasteiger partial charge < -0.3 is 14.4 Å². The molecule has 6 nitrogen and oxygen atoms in total. The van der Waals surface area contributed by atoms with Gasteiger partial charge in [-0.05, 0) is 30.3 Å². The minimum atomic E-state index is -0.454. The second-order valence-corrected chi connectivity index (χ2v) is 6.90. The predicted octanol–water partition coefficient (Wildman–Crippen LogP) is 3.42. The van der Waals surface area contributed by atoms with Gasteiger partial charge in [-0.2, -0.15) is 0 Å². The number of para-hydroxylation sites is 1. The summed E-state index contributed by atoms with van der Waals surface area (Å²) in [6.07, 6.45) is 1.77. The largest absolute Gasteiger partial charge is 0.402 e. The molecular weight excluding hydrogens is 366 g/mol. The average Bonchev–Trinajstić information content (AvgIpc) is 3.15. The van der Waals surface area contributed by atoms with Gasteiger partial charge in [0.1, 0.15) is 5.82 Å². The molecule has 3 heterocycles. The molecule has 0 saturated carbocycles. The number of aromatic nitrogens is 1. The highest BCUT2D eigenvalue weighted by atomic mass is 16.6. The zero-order valence-electron chi connectivity index (χ0n) is 15.7. The molecule has 0 bridgehead atoms. The summed E-state index contributed by atoms with van der Waals surface area (Å²) in [5.41, 5.74) is 2.80. The highest BCUT2D eigenvalue weighted by Crippen LogP contribution is 2.28. The molecule has 29 heavy (non-hydrogen) atoms. The van der Waals surface area contributed by atoms with E-state index >= 15 is 0 Å². The van der Waals surface area contributed by atoms with E-state index in [-0.39, 0.29) is 5.70 Å². The number of esters is 1. The molecule has 0 unspecified atom stereocenters. The summed E-state index contributed by atoms with van der Waals surface area (Å²) in [5.74, 6) is 0.698. The number of hydrogen-bond donors (Lipinski definition) is 0. The van der Waals surface area contributed by atoms with E-state index in [4.69, 9.17) is 14.5 Å². The number of aliphatic imine (C=N–C) groups is 1. The van der Waals surface area contributed by atoms with Crippen LogP contribution in [0.5, 0.6) is 0 Å². The normalized spacial score (nSPS) is 18.2. The number of cyclic esters (lactones) is 1.